The van der Waals surface area contributed by atoms with Gasteiger partial charge < -0.3 is 16.0 Å². The lowest BCUT2D eigenvalue weighted by atomic mass is 10.0. The molecule has 3 aromatic rings. The number of alkyl halides is 2. The number of benzene rings is 1. The summed E-state index contributed by atoms with van der Waals surface area (Å²) in [5.41, 5.74) is 5.92. The predicted octanol–water partition coefficient (Wildman–Crippen LogP) is 3.91. The number of piperidine rings is 1. The van der Waals surface area contributed by atoms with Crippen LogP contribution in [0.5, 0.6) is 0 Å². The third-order valence-corrected chi connectivity index (χ3v) is 5.60. The summed E-state index contributed by atoms with van der Waals surface area (Å²) in [6.45, 7) is -0.350. The van der Waals surface area contributed by atoms with E-state index in [1.165, 1.54) is 34.8 Å². The van der Waals surface area contributed by atoms with Crippen LogP contribution in [0, 0.1) is 11.6 Å². The van der Waals surface area contributed by atoms with E-state index in [1.54, 1.807) is 0 Å². The summed E-state index contributed by atoms with van der Waals surface area (Å²) in [7, 11) is 0. The van der Waals surface area contributed by atoms with Crippen LogP contribution >= 0.6 is 11.3 Å². The monoisotopic (exact) mass is 451 g/mol. The molecule has 4 rings (SSSR count). The van der Waals surface area contributed by atoms with Crippen molar-refractivity contribution in [2.45, 2.75) is 18.4 Å². The molecule has 1 fully saturated rings. The van der Waals surface area contributed by atoms with Gasteiger partial charge in [0.05, 0.1) is 29.7 Å². The summed E-state index contributed by atoms with van der Waals surface area (Å²) in [6, 6.07) is 4.21. The lowest BCUT2D eigenvalue weighted by Gasteiger charge is -2.38. The van der Waals surface area contributed by atoms with Crippen LogP contribution in [-0.4, -0.2) is 40.9 Å². The van der Waals surface area contributed by atoms with Crippen LogP contribution in [0.25, 0.3) is 10.6 Å². The molecule has 1 saturated heterocycles. The fraction of sp³-hybridized carbons (Fsp3) is 0.250. The predicted molar refractivity (Wildman–Crippen MR) is 109 cm³/mol. The Bertz CT molecular complexity index is 1100. The number of nitrogens with one attached hydrogen (secondary N) is 1. The number of rotatable bonds is 4. The van der Waals surface area contributed by atoms with Crippen molar-refractivity contribution in [1.82, 2.24) is 9.97 Å². The fourth-order valence-electron chi connectivity index (χ4n) is 3.46. The van der Waals surface area contributed by atoms with Crippen LogP contribution < -0.4 is 16.0 Å². The van der Waals surface area contributed by atoms with Crippen LogP contribution in [-0.2, 0) is 0 Å². The van der Waals surface area contributed by atoms with E-state index in [9.17, 15) is 22.4 Å². The normalized spacial score (nSPS) is 18.1. The number of anilines is 2. The summed E-state index contributed by atoms with van der Waals surface area (Å²) in [4.78, 5) is 22.0. The number of amides is 1. The molecule has 2 aromatic heterocycles. The smallest absolute Gasteiger partial charge is 0.275 e. The van der Waals surface area contributed by atoms with Crippen molar-refractivity contribution in [3.8, 4) is 10.6 Å². The Labute approximate surface area is 178 Å². The number of carbonyl (C=O) groups is 1. The van der Waals surface area contributed by atoms with Crippen molar-refractivity contribution in [2.75, 3.05) is 23.3 Å². The number of thiazole rings is 1. The Morgan fingerprint density at radius 1 is 1.26 bits per heavy atom. The standard InChI is InChI=1S/C20H17F4N5OS/c21-12-2-1-3-13(22)17(12)19-28-15(9-31-19)18(30)27-14-7-26-5-4-16(14)29-8-11(25)6-20(23,24)10-29/h1-5,7,9,11H,6,8,10,25H2,(H,27,30). The maximum absolute atomic E-state index is 14.0. The molecule has 1 aromatic carbocycles. The summed E-state index contributed by atoms with van der Waals surface area (Å²) < 4.78 is 55.9. The molecule has 0 saturated carbocycles. The van der Waals surface area contributed by atoms with E-state index < -0.39 is 42.5 Å². The number of pyridine rings is 1. The molecule has 0 radical (unpaired) electrons. The Morgan fingerprint density at radius 2 is 2.00 bits per heavy atom. The maximum atomic E-state index is 14.0. The number of nitrogens with zero attached hydrogens (tertiary/aromatic N) is 3. The molecule has 1 atom stereocenters. The van der Waals surface area contributed by atoms with Crippen LogP contribution in [0.1, 0.15) is 16.9 Å². The van der Waals surface area contributed by atoms with Gasteiger partial charge in [-0.05, 0) is 18.2 Å². The van der Waals surface area contributed by atoms with Gasteiger partial charge in [0.2, 0.25) is 0 Å². The van der Waals surface area contributed by atoms with Crippen LogP contribution in [0.15, 0.2) is 42.0 Å². The zero-order chi connectivity index (χ0) is 22.2. The summed E-state index contributed by atoms with van der Waals surface area (Å²) in [5, 5.41) is 3.96. The van der Waals surface area contributed by atoms with Gasteiger partial charge in [-0.25, -0.2) is 22.5 Å². The first-order chi connectivity index (χ1) is 14.7. The number of carbonyl (C=O) groups excluding carboxylic acids is 1. The Morgan fingerprint density at radius 3 is 2.71 bits per heavy atom. The number of halogens is 4. The van der Waals surface area contributed by atoms with Gasteiger partial charge in [-0.1, -0.05) is 6.07 Å². The quantitative estimate of drug-likeness (QED) is 0.588. The van der Waals surface area contributed by atoms with Crippen LogP contribution in [0.3, 0.4) is 0 Å². The molecule has 0 aliphatic carbocycles. The van der Waals surface area contributed by atoms with Crippen molar-refractivity contribution in [1.29, 1.82) is 0 Å². The Balaban J connectivity index is 1.57. The minimum atomic E-state index is -2.96. The number of nitrogens with two attached hydrogens (primary N) is 1. The van der Waals surface area contributed by atoms with Crippen molar-refractivity contribution in [2.24, 2.45) is 5.73 Å². The molecule has 162 valence electrons. The number of hydrogen-bond acceptors (Lipinski definition) is 6. The Hall–Kier alpha value is -3.05. The number of aromatic nitrogens is 2. The molecule has 1 aliphatic rings. The molecule has 1 unspecified atom stereocenters. The fourth-order valence-corrected chi connectivity index (χ4v) is 4.31. The molecule has 0 bridgehead atoms. The molecule has 1 aliphatic heterocycles. The highest BCUT2D eigenvalue weighted by Gasteiger charge is 2.39. The first kappa shape index (κ1) is 21.2. The molecule has 1 amide bonds. The molecule has 3 heterocycles. The van der Waals surface area contributed by atoms with Gasteiger partial charge in [-0.3, -0.25) is 9.78 Å². The van der Waals surface area contributed by atoms with Gasteiger partial charge in [0.15, 0.2) is 0 Å². The largest absolute Gasteiger partial charge is 0.362 e. The minimum Gasteiger partial charge on any atom is -0.362 e. The van der Waals surface area contributed by atoms with Crippen molar-refractivity contribution < 1.29 is 22.4 Å². The van der Waals surface area contributed by atoms with E-state index in [4.69, 9.17) is 5.73 Å². The zero-order valence-electron chi connectivity index (χ0n) is 16.0. The summed E-state index contributed by atoms with van der Waals surface area (Å²) in [5.74, 6) is -5.21. The van der Waals surface area contributed by atoms with Crippen molar-refractivity contribution in [3.63, 3.8) is 0 Å². The van der Waals surface area contributed by atoms with Gasteiger partial charge in [-0.2, -0.15) is 0 Å². The van der Waals surface area contributed by atoms with E-state index >= 15 is 0 Å². The van der Waals surface area contributed by atoms with Crippen LogP contribution in [0.2, 0.25) is 0 Å². The van der Waals surface area contributed by atoms with Gasteiger partial charge in [0, 0.05) is 30.6 Å². The van der Waals surface area contributed by atoms with Gasteiger partial charge in [0.25, 0.3) is 11.8 Å². The SMILES string of the molecule is NC1CN(c2ccncc2NC(=O)c2csc(-c3c(F)cccc3F)n2)CC(F)(F)C1. The highest BCUT2D eigenvalue weighted by atomic mass is 32.1. The van der Waals surface area contributed by atoms with Gasteiger partial charge in [0.1, 0.15) is 22.3 Å². The molecule has 0 spiro atoms. The second kappa shape index (κ2) is 8.23. The average molecular weight is 451 g/mol. The maximum Gasteiger partial charge on any atom is 0.275 e. The highest BCUT2D eigenvalue weighted by molar-refractivity contribution is 7.13. The second-order valence-electron chi connectivity index (χ2n) is 7.18. The third-order valence-electron chi connectivity index (χ3n) is 4.74. The first-order valence-corrected chi connectivity index (χ1v) is 10.1. The van der Waals surface area contributed by atoms with E-state index in [-0.39, 0.29) is 28.5 Å². The zero-order valence-corrected chi connectivity index (χ0v) is 16.8. The van der Waals surface area contributed by atoms with E-state index in [0.29, 0.717) is 5.69 Å². The Kier molecular flexibility index (Phi) is 5.63. The molecule has 6 nitrogen and oxygen atoms in total. The molecule has 31 heavy (non-hydrogen) atoms. The lowest BCUT2D eigenvalue weighted by molar-refractivity contribution is -0.0171. The number of hydrogen-bond donors (Lipinski definition) is 2. The van der Waals surface area contributed by atoms with Crippen molar-refractivity contribution in [3.05, 3.63) is 59.4 Å². The molecular weight excluding hydrogens is 434 g/mol. The first-order valence-electron chi connectivity index (χ1n) is 9.27. The topological polar surface area (TPSA) is 84.1 Å². The second-order valence-corrected chi connectivity index (χ2v) is 8.04. The van der Waals surface area contributed by atoms with Gasteiger partial charge >= 0.3 is 0 Å². The molecular formula is C20H17F4N5OS. The minimum absolute atomic E-state index is 0.00815. The third kappa shape index (κ3) is 4.52. The van der Waals surface area contributed by atoms with Gasteiger partial charge in [-0.15, -0.1) is 11.3 Å². The average Bonchev–Trinajstić information content (AvgIpc) is 3.16. The van der Waals surface area contributed by atoms with E-state index in [2.05, 4.69) is 15.3 Å². The molecule has 11 heteroatoms. The summed E-state index contributed by atoms with van der Waals surface area (Å²) in [6.07, 6.45) is 2.34. The van der Waals surface area contributed by atoms with Crippen molar-refractivity contribution >= 4 is 28.6 Å². The lowest BCUT2D eigenvalue weighted by Crippen LogP contribution is -2.52. The van der Waals surface area contributed by atoms with E-state index in [0.717, 1.165) is 23.5 Å². The van der Waals surface area contributed by atoms with E-state index in [1.807, 2.05) is 0 Å². The highest BCUT2D eigenvalue weighted by Crippen LogP contribution is 2.34. The van der Waals surface area contributed by atoms with Crippen LogP contribution in [0.4, 0.5) is 28.9 Å². The molecule has 3 N–H and O–H groups in total. The summed E-state index contributed by atoms with van der Waals surface area (Å²) >= 11 is 0.908.